The predicted molar refractivity (Wildman–Crippen MR) is 77.5 cm³/mol. The van der Waals surface area contributed by atoms with E-state index in [1.807, 2.05) is 25.1 Å². The summed E-state index contributed by atoms with van der Waals surface area (Å²) in [7, 11) is 0. The van der Waals surface area contributed by atoms with Gasteiger partial charge < -0.3 is 5.32 Å². The van der Waals surface area contributed by atoms with E-state index < -0.39 is 0 Å². The van der Waals surface area contributed by atoms with Gasteiger partial charge in [0.1, 0.15) is 5.82 Å². The molecule has 0 bridgehead atoms. The maximum atomic E-state index is 11.9. The molecule has 0 aliphatic rings. The second-order valence-corrected chi connectivity index (χ2v) is 4.51. The van der Waals surface area contributed by atoms with Crippen LogP contribution in [-0.4, -0.2) is 10.8 Å². The molecule has 0 fully saturated rings. The van der Waals surface area contributed by atoms with E-state index in [1.54, 1.807) is 30.6 Å². The molecule has 2 aromatic rings. The first-order valence-corrected chi connectivity index (χ1v) is 6.18. The molecule has 0 amide bonds. The summed E-state index contributed by atoms with van der Waals surface area (Å²) in [6.45, 7) is 1.95. The van der Waals surface area contributed by atoms with Gasteiger partial charge in [-0.3, -0.25) is 4.79 Å². The van der Waals surface area contributed by atoms with E-state index in [9.17, 15) is 4.79 Å². The van der Waals surface area contributed by atoms with Crippen LogP contribution in [0.5, 0.6) is 0 Å². The van der Waals surface area contributed by atoms with Gasteiger partial charge in [-0.1, -0.05) is 35.4 Å². The molecular formula is C15H13ClN2O. The minimum absolute atomic E-state index is 0.0508. The molecule has 0 saturated heterocycles. The molecule has 3 nitrogen and oxygen atoms in total. The molecule has 0 atom stereocenters. The first-order chi connectivity index (χ1) is 9.15. The van der Waals surface area contributed by atoms with Gasteiger partial charge in [-0.05, 0) is 25.1 Å². The van der Waals surface area contributed by atoms with Crippen LogP contribution < -0.4 is 5.32 Å². The molecule has 96 valence electrons. The lowest BCUT2D eigenvalue weighted by Gasteiger charge is -2.00. The number of aryl methyl sites for hydroxylation is 1. The highest BCUT2D eigenvalue weighted by Crippen LogP contribution is 2.10. The Balaban J connectivity index is 1.99. The minimum Gasteiger partial charge on any atom is -0.347 e. The standard InChI is InChI=1S/C15H13ClN2O/c1-11-3-2-4-12(9-11)14(19)7-8-17-15-6-5-13(16)10-18-15/h2-10H,1H3,(H,17,18)/b8-7-. The maximum absolute atomic E-state index is 11.9. The first kappa shape index (κ1) is 13.3. The van der Waals surface area contributed by atoms with Gasteiger partial charge in [-0.15, -0.1) is 0 Å². The number of hydrogen-bond acceptors (Lipinski definition) is 3. The molecule has 0 aliphatic carbocycles. The van der Waals surface area contributed by atoms with Crippen molar-refractivity contribution in [3.8, 4) is 0 Å². The molecule has 4 heteroatoms. The quantitative estimate of drug-likeness (QED) is 0.679. The van der Waals surface area contributed by atoms with E-state index in [0.717, 1.165) is 5.56 Å². The van der Waals surface area contributed by atoms with E-state index in [4.69, 9.17) is 11.6 Å². The van der Waals surface area contributed by atoms with Gasteiger partial charge in [0.2, 0.25) is 0 Å². The van der Waals surface area contributed by atoms with Gasteiger partial charge in [-0.2, -0.15) is 0 Å². The minimum atomic E-state index is -0.0508. The molecule has 2 rings (SSSR count). The van der Waals surface area contributed by atoms with Crippen molar-refractivity contribution in [3.63, 3.8) is 0 Å². The number of allylic oxidation sites excluding steroid dienone is 1. The molecule has 0 radical (unpaired) electrons. The summed E-state index contributed by atoms with van der Waals surface area (Å²) in [5, 5.41) is 3.49. The number of ketones is 1. The van der Waals surface area contributed by atoms with E-state index in [2.05, 4.69) is 10.3 Å². The third-order valence-electron chi connectivity index (χ3n) is 2.50. The molecule has 0 spiro atoms. The summed E-state index contributed by atoms with van der Waals surface area (Å²) in [5.74, 6) is 0.586. The van der Waals surface area contributed by atoms with Crippen LogP contribution in [0.15, 0.2) is 54.9 Å². The van der Waals surface area contributed by atoms with Crippen LogP contribution in [0.2, 0.25) is 5.02 Å². The Bertz CT molecular complexity index is 606. The van der Waals surface area contributed by atoms with E-state index in [1.165, 1.54) is 6.08 Å². The summed E-state index contributed by atoms with van der Waals surface area (Å²) in [4.78, 5) is 15.9. The van der Waals surface area contributed by atoms with Crippen LogP contribution in [-0.2, 0) is 0 Å². The smallest absolute Gasteiger partial charge is 0.187 e. The Kier molecular flexibility index (Phi) is 4.31. The van der Waals surface area contributed by atoms with Crippen molar-refractivity contribution in [2.24, 2.45) is 0 Å². The van der Waals surface area contributed by atoms with Crippen LogP contribution >= 0.6 is 11.6 Å². The van der Waals surface area contributed by atoms with Crippen molar-refractivity contribution >= 4 is 23.2 Å². The lowest BCUT2D eigenvalue weighted by Crippen LogP contribution is -1.97. The van der Waals surface area contributed by atoms with Crippen LogP contribution in [0, 0.1) is 6.92 Å². The molecule has 1 aromatic carbocycles. The van der Waals surface area contributed by atoms with Crippen LogP contribution in [0.4, 0.5) is 5.82 Å². The van der Waals surface area contributed by atoms with Crippen molar-refractivity contribution in [1.29, 1.82) is 0 Å². The third-order valence-corrected chi connectivity index (χ3v) is 2.72. The third kappa shape index (κ3) is 3.93. The zero-order valence-electron chi connectivity index (χ0n) is 10.4. The van der Waals surface area contributed by atoms with Crippen LogP contribution in [0.1, 0.15) is 15.9 Å². The summed E-state index contributed by atoms with van der Waals surface area (Å²) < 4.78 is 0. The van der Waals surface area contributed by atoms with Crippen molar-refractivity contribution in [3.05, 3.63) is 71.0 Å². The van der Waals surface area contributed by atoms with Crippen molar-refractivity contribution in [2.45, 2.75) is 6.92 Å². The number of hydrogen-bond donors (Lipinski definition) is 1. The number of nitrogens with zero attached hydrogens (tertiary/aromatic N) is 1. The number of aromatic nitrogens is 1. The Morgan fingerprint density at radius 1 is 1.32 bits per heavy atom. The highest BCUT2D eigenvalue weighted by atomic mass is 35.5. The average Bonchev–Trinajstić information content (AvgIpc) is 2.41. The number of halogens is 1. The fourth-order valence-electron chi connectivity index (χ4n) is 1.56. The lowest BCUT2D eigenvalue weighted by atomic mass is 10.1. The summed E-state index contributed by atoms with van der Waals surface area (Å²) in [6.07, 6.45) is 4.59. The Morgan fingerprint density at radius 3 is 2.84 bits per heavy atom. The molecule has 1 aromatic heterocycles. The van der Waals surface area contributed by atoms with Gasteiger partial charge in [0.05, 0.1) is 5.02 Å². The summed E-state index contributed by atoms with van der Waals surface area (Å²) >= 11 is 5.73. The molecule has 1 N–H and O–H groups in total. The second kappa shape index (κ2) is 6.16. The Labute approximate surface area is 116 Å². The van der Waals surface area contributed by atoms with Crippen molar-refractivity contribution in [1.82, 2.24) is 4.98 Å². The van der Waals surface area contributed by atoms with Gasteiger partial charge in [-0.25, -0.2) is 4.98 Å². The number of carbonyl (C=O) groups is 1. The molecule has 1 heterocycles. The fraction of sp³-hybridized carbons (Fsp3) is 0.0667. The number of rotatable bonds is 4. The van der Waals surface area contributed by atoms with Gasteiger partial charge in [0.25, 0.3) is 0 Å². The van der Waals surface area contributed by atoms with E-state index >= 15 is 0 Å². The zero-order chi connectivity index (χ0) is 13.7. The fourth-order valence-corrected chi connectivity index (χ4v) is 1.67. The van der Waals surface area contributed by atoms with E-state index in [0.29, 0.717) is 16.4 Å². The molecule has 0 aliphatic heterocycles. The normalized spacial score (nSPS) is 10.6. The molecular weight excluding hydrogens is 260 g/mol. The zero-order valence-corrected chi connectivity index (χ0v) is 11.2. The molecule has 0 unspecified atom stereocenters. The largest absolute Gasteiger partial charge is 0.347 e. The van der Waals surface area contributed by atoms with Crippen LogP contribution in [0.25, 0.3) is 0 Å². The Hall–Kier alpha value is -2.13. The van der Waals surface area contributed by atoms with Crippen molar-refractivity contribution in [2.75, 3.05) is 5.32 Å². The highest BCUT2D eigenvalue weighted by molar-refractivity contribution is 6.30. The SMILES string of the molecule is Cc1cccc(C(=O)/C=C\Nc2ccc(Cl)cn2)c1. The number of anilines is 1. The molecule has 0 saturated carbocycles. The predicted octanol–water partition coefficient (Wildman–Crippen LogP) is 3.85. The monoisotopic (exact) mass is 272 g/mol. The summed E-state index contributed by atoms with van der Waals surface area (Å²) in [5.41, 5.74) is 1.73. The molecule has 19 heavy (non-hydrogen) atoms. The number of benzene rings is 1. The average molecular weight is 273 g/mol. The number of carbonyl (C=O) groups excluding carboxylic acids is 1. The topological polar surface area (TPSA) is 42.0 Å². The van der Waals surface area contributed by atoms with Gasteiger partial charge >= 0.3 is 0 Å². The van der Waals surface area contributed by atoms with Gasteiger partial charge in [0, 0.05) is 24.0 Å². The maximum Gasteiger partial charge on any atom is 0.187 e. The van der Waals surface area contributed by atoms with Gasteiger partial charge in [0.15, 0.2) is 5.78 Å². The van der Waals surface area contributed by atoms with E-state index in [-0.39, 0.29) is 5.78 Å². The second-order valence-electron chi connectivity index (χ2n) is 4.07. The lowest BCUT2D eigenvalue weighted by molar-refractivity contribution is 0.104. The highest BCUT2D eigenvalue weighted by Gasteiger charge is 2.00. The Morgan fingerprint density at radius 2 is 2.16 bits per heavy atom. The number of pyridine rings is 1. The van der Waals surface area contributed by atoms with Crippen molar-refractivity contribution < 1.29 is 4.79 Å². The number of nitrogens with one attached hydrogen (secondary N) is 1. The summed E-state index contributed by atoms with van der Waals surface area (Å²) in [6, 6.07) is 10.9. The van der Waals surface area contributed by atoms with Crippen LogP contribution in [0.3, 0.4) is 0 Å². The first-order valence-electron chi connectivity index (χ1n) is 5.81.